The number of aromatic nitrogens is 4. The summed E-state index contributed by atoms with van der Waals surface area (Å²) in [5.74, 6) is -2.03. The fourth-order valence-corrected chi connectivity index (χ4v) is 5.89. The lowest BCUT2D eigenvalue weighted by atomic mass is 10.0. The fourth-order valence-electron chi connectivity index (χ4n) is 5.89. The number of carbonyl (C=O) groups is 2. The second kappa shape index (κ2) is 17.1. The minimum Gasteiger partial charge on any atom is -0.478 e. The van der Waals surface area contributed by atoms with Crippen molar-refractivity contribution in [3.63, 3.8) is 0 Å². The van der Waals surface area contributed by atoms with E-state index in [9.17, 15) is 23.6 Å². The Hall–Kier alpha value is -5.95. The summed E-state index contributed by atoms with van der Waals surface area (Å²) in [5.41, 5.74) is 2.83. The SMILES string of the molecule is C.O=C(O)c1cc(Cc2n[nH]c(=O)c3ccccc23)ccc1F.O=C(c1cccc(Cc2n[nH]c(=O)c3ccccc23)c1)N1CCCNCC1.[B]. The van der Waals surface area contributed by atoms with Gasteiger partial charge in [0.2, 0.25) is 0 Å². The molecule has 7 rings (SSSR count). The van der Waals surface area contributed by atoms with E-state index in [0.717, 1.165) is 55.3 Å². The number of nitrogens with one attached hydrogen (secondary N) is 3. The van der Waals surface area contributed by atoms with Crippen molar-refractivity contribution < 1.29 is 19.1 Å². The third-order valence-electron chi connectivity index (χ3n) is 8.36. The van der Waals surface area contributed by atoms with Crippen LogP contribution >= 0.6 is 0 Å². The van der Waals surface area contributed by atoms with Crippen molar-refractivity contribution in [1.29, 1.82) is 0 Å². The molecule has 4 N–H and O–H groups in total. The summed E-state index contributed by atoms with van der Waals surface area (Å²) in [5, 5.41) is 28.2. The van der Waals surface area contributed by atoms with E-state index in [-0.39, 0.29) is 44.8 Å². The molecule has 1 amide bonds. The highest BCUT2D eigenvalue weighted by atomic mass is 19.1. The molecule has 1 saturated heterocycles. The molecule has 11 nitrogen and oxygen atoms in total. The topological polar surface area (TPSA) is 161 Å². The highest BCUT2D eigenvalue weighted by Gasteiger charge is 2.18. The molecule has 3 radical (unpaired) electrons. The van der Waals surface area contributed by atoms with E-state index in [0.29, 0.717) is 39.4 Å². The number of amides is 1. The van der Waals surface area contributed by atoms with Gasteiger partial charge in [-0.2, -0.15) is 10.2 Å². The van der Waals surface area contributed by atoms with E-state index < -0.39 is 11.8 Å². The molecular weight excluding hydrogens is 650 g/mol. The number of fused-ring (bicyclic) bond motifs is 2. The lowest BCUT2D eigenvalue weighted by Crippen LogP contribution is -2.34. The Morgan fingerprint density at radius 2 is 1.29 bits per heavy atom. The van der Waals surface area contributed by atoms with E-state index in [1.165, 1.54) is 12.1 Å². The smallest absolute Gasteiger partial charge is 0.338 e. The zero-order valence-electron chi connectivity index (χ0n) is 27.0. The molecule has 0 saturated carbocycles. The van der Waals surface area contributed by atoms with E-state index in [1.807, 2.05) is 47.4 Å². The first kappa shape index (κ1) is 37.9. The lowest BCUT2D eigenvalue weighted by molar-refractivity contribution is 0.0690. The lowest BCUT2D eigenvalue weighted by Gasteiger charge is -2.20. The molecule has 1 fully saturated rings. The van der Waals surface area contributed by atoms with Crippen molar-refractivity contribution in [2.24, 2.45) is 0 Å². The average molecular weight is 688 g/mol. The fraction of sp³-hybridized carbons (Fsp3) is 0.211. The van der Waals surface area contributed by atoms with Crippen molar-refractivity contribution >= 4 is 41.8 Å². The average Bonchev–Trinajstić information content (AvgIpc) is 3.42. The molecule has 259 valence electrons. The van der Waals surface area contributed by atoms with E-state index in [1.54, 1.807) is 30.3 Å². The van der Waals surface area contributed by atoms with Crippen LogP contribution in [0.4, 0.5) is 4.39 Å². The predicted molar refractivity (Wildman–Crippen MR) is 196 cm³/mol. The van der Waals surface area contributed by atoms with Gasteiger partial charge in [0.1, 0.15) is 5.82 Å². The number of aromatic carboxylic acids is 1. The Balaban J connectivity index is 0.000000224. The quantitative estimate of drug-likeness (QED) is 0.186. The standard InChI is InChI=1S/C21H22N4O2.C16H11FN2O3.CH4.B/c26-20-18-8-2-1-7-17(18)19(23-24-20)14-15-5-3-6-16(13-15)21(27)25-11-4-9-22-10-12-25;17-13-6-5-9(7-12(13)16(21)22)8-14-10-3-1-2-4-11(10)15(20)19-18-14;;/h1-3,5-8,13,22H,4,9-12,14H2,(H,24,26);1-7H,8H2,(H,19,20)(H,21,22);1H4;. The van der Waals surface area contributed by atoms with Gasteiger partial charge < -0.3 is 15.3 Å². The molecule has 0 bridgehead atoms. The van der Waals surface area contributed by atoms with Gasteiger partial charge in [0.15, 0.2) is 0 Å². The number of rotatable bonds is 6. The van der Waals surface area contributed by atoms with Crippen LogP contribution in [-0.4, -0.2) is 76.9 Å². The molecule has 1 aliphatic heterocycles. The number of hydrogen-bond donors (Lipinski definition) is 4. The Morgan fingerprint density at radius 3 is 1.88 bits per heavy atom. The Morgan fingerprint density at radius 1 is 0.725 bits per heavy atom. The van der Waals surface area contributed by atoms with Crippen molar-refractivity contribution in [3.05, 3.63) is 151 Å². The van der Waals surface area contributed by atoms with Crippen molar-refractivity contribution in [3.8, 4) is 0 Å². The van der Waals surface area contributed by atoms with Gasteiger partial charge in [-0.25, -0.2) is 19.4 Å². The number of carbonyl (C=O) groups excluding carboxylic acids is 1. The second-order valence-electron chi connectivity index (χ2n) is 11.7. The molecule has 51 heavy (non-hydrogen) atoms. The summed E-state index contributed by atoms with van der Waals surface area (Å²) < 4.78 is 13.4. The Bertz CT molecular complexity index is 2280. The maximum absolute atomic E-state index is 13.4. The number of carboxylic acid groups (broad SMARTS) is 1. The first-order chi connectivity index (χ1) is 23.8. The molecule has 0 spiro atoms. The molecule has 13 heteroatoms. The molecular formula is C38H37BFN6O5. The van der Waals surface area contributed by atoms with Crippen LogP contribution in [-0.2, 0) is 12.8 Å². The first-order valence-electron chi connectivity index (χ1n) is 15.8. The normalized spacial score (nSPS) is 12.5. The van der Waals surface area contributed by atoms with Gasteiger partial charge in [0.25, 0.3) is 17.0 Å². The molecule has 1 aliphatic rings. The summed E-state index contributed by atoms with van der Waals surface area (Å²) >= 11 is 0. The van der Waals surface area contributed by atoms with Gasteiger partial charge in [-0.05, 0) is 60.5 Å². The number of hydrogen-bond acceptors (Lipinski definition) is 7. The monoisotopic (exact) mass is 687 g/mol. The maximum atomic E-state index is 13.4. The van der Waals surface area contributed by atoms with Gasteiger partial charge in [-0.3, -0.25) is 14.4 Å². The predicted octanol–water partition coefficient (Wildman–Crippen LogP) is 4.56. The van der Waals surface area contributed by atoms with Crippen LogP contribution in [0, 0.1) is 5.82 Å². The number of carboxylic acids is 1. The highest BCUT2D eigenvalue weighted by molar-refractivity contribution is 5.94. The summed E-state index contributed by atoms with van der Waals surface area (Å²) in [4.78, 5) is 49.4. The zero-order valence-corrected chi connectivity index (χ0v) is 27.0. The molecule has 3 heterocycles. The first-order valence-corrected chi connectivity index (χ1v) is 15.8. The molecule has 4 aromatic carbocycles. The number of aromatic amines is 2. The van der Waals surface area contributed by atoms with Crippen molar-refractivity contribution in [2.45, 2.75) is 26.7 Å². The minimum absolute atomic E-state index is 0. The van der Waals surface area contributed by atoms with E-state index in [4.69, 9.17) is 5.11 Å². The summed E-state index contributed by atoms with van der Waals surface area (Å²) in [7, 11) is 0. The molecule has 6 aromatic rings. The number of nitrogens with zero attached hydrogens (tertiary/aromatic N) is 3. The van der Waals surface area contributed by atoms with Crippen LogP contribution in [0.3, 0.4) is 0 Å². The third kappa shape index (κ3) is 8.81. The van der Waals surface area contributed by atoms with Crippen molar-refractivity contribution in [2.75, 3.05) is 26.2 Å². The van der Waals surface area contributed by atoms with Crippen molar-refractivity contribution in [1.82, 2.24) is 30.6 Å². The van der Waals surface area contributed by atoms with E-state index in [2.05, 4.69) is 25.7 Å². The number of H-pyrrole nitrogens is 2. The van der Waals surface area contributed by atoms with Gasteiger partial charge >= 0.3 is 5.97 Å². The number of halogens is 1. The molecule has 2 aromatic heterocycles. The summed E-state index contributed by atoms with van der Waals surface area (Å²) in [6.07, 6.45) is 1.82. The molecule has 0 unspecified atom stereocenters. The van der Waals surface area contributed by atoms with Crippen LogP contribution in [0.5, 0.6) is 0 Å². The van der Waals surface area contributed by atoms with Gasteiger partial charge in [-0.15, -0.1) is 0 Å². The maximum Gasteiger partial charge on any atom is 0.338 e. The van der Waals surface area contributed by atoms with Gasteiger partial charge in [0.05, 0.1) is 27.7 Å². The largest absolute Gasteiger partial charge is 0.478 e. The minimum atomic E-state index is -1.32. The molecule has 0 aliphatic carbocycles. The Labute approximate surface area is 295 Å². The van der Waals surface area contributed by atoms with Crippen LogP contribution in [0.15, 0.2) is 101 Å². The van der Waals surface area contributed by atoms with Crippen LogP contribution < -0.4 is 16.4 Å². The number of benzene rings is 4. The van der Waals surface area contributed by atoms with Crippen LogP contribution in [0.1, 0.15) is 57.1 Å². The van der Waals surface area contributed by atoms with Gasteiger partial charge in [0, 0.05) is 57.2 Å². The van der Waals surface area contributed by atoms with Crippen LogP contribution in [0.2, 0.25) is 0 Å². The zero-order chi connectivity index (χ0) is 34.3. The highest BCUT2D eigenvalue weighted by Crippen LogP contribution is 2.20. The third-order valence-corrected chi connectivity index (χ3v) is 8.36. The Kier molecular flexibility index (Phi) is 12.7. The van der Waals surface area contributed by atoms with Crippen LogP contribution in [0.25, 0.3) is 21.5 Å². The second-order valence-corrected chi connectivity index (χ2v) is 11.7. The molecule has 0 atom stereocenters. The summed E-state index contributed by atoms with van der Waals surface area (Å²) in [6, 6.07) is 26.0. The van der Waals surface area contributed by atoms with Gasteiger partial charge in [-0.1, -0.05) is 62.0 Å². The van der Waals surface area contributed by atoms with E-state index >= 15 is 0 Å². The summed E-state index contributed by atoms with van der Waals surface area (Å²) in [6.45, 7) is 3.30.